The van der Waals surface area contributed by atoms with Crippen LogP contribution in [0.25, 0.3) is 0 Å². The third-order valence-corrected chi connectivity index (χ3v) is 5.05. The van der Waals surface area contributed by atoms with Gasteiger partial charge in [0.1, 0.15) is 0 Å². The Bertz CT molecular complexity index is 565. The maximum Gasteiger partial charge on any atom is 0.0595 e. The molecule has 2 rings (SSSR count). The summed E-state index contributed by atoms with van der Waals surface area (Å²) in [6, 6.07) is 10.7. The van der Waals surface area contributed by atoms with Crippen LogP contribution in [0.2, 0.25) is 10.0 Å². The van der Waals surface area contributed by atoms with Crippen LogP contribution in [0.3, 0.4) is 0 Å². The molecule has 0 aliphatic carbocycles. The summed E-state index contributed by atoms with van der Waals surface area (Å²) < 4.78 is 0. The predicted molar refractivity (Wildman–Crippen MR) is 85.5 cm³/mol. The molecule has 4 heteroatoms. The molecule has 2 unspecified atom stereocenters. The van der Waals surface area contributed by atoms with E-state index in [2.05, 4.69) is 38.2 Å². The molecule has 0 bridgehead atoms. The fraction of sp³-hybridized carbons (Fsp3) is 0.333. The lowest BCUT2D eigenvalue weighted by atomic mass is 10.1. The third kappa shape index (κ3) is 3.73. The van der Waals surface area contributed by atoms with Gasteiger partial charge in [0.25, 0.3) is 0 Å². The van der Waals surface area contributed by atoms with E-state index in [1.165, 1.54) is 9.75 Å². The van der Waals surface area contributed by atoms with E-state index in [0.29, 0.717) is 16.1 Å². The molecule has 19 heavy (non-hydrogen) atoms. The number of hydrogen-bond acceptors (Lipinski definition) is 2. The Kier molecular flexibility index (Phi) is 4.91. The second kappa shape index (κ2) is 6.27. The fourth-order valence-corrected chi connectivity index (χ4v) is 3.22. The van der Waals surface area contributed by atoms with Crippen LogP contribution in [0.4, 0.5) is 0 Å². The number of halogens is 2. The molecule has 0 radical (unpaired) electrons. The minimum absolute atomic E-state index is 0.229. The van der Waals surface area contributed by atoms with Gasteiger partial charge in [0.2, 0.25) is 0 Å². The zero-order valence-corrected chi connectivity index (χ0v) is 13.5. The molecule has 1 aromatic heterocycles. The second-order valence-electron chi connectivity index (χ2n) is 4.73. The molecule has 1 heterocycles. The van der Waals surface area contributed by atoms with Crippen LogP contribution in [0.15, 0.2) is 30.3 Å². The molecule has 2 aromatic rings. The van der Waals surface area contributed by atoms with Crippen LogP contribution < -0.4 is 5.32 Å². The summed E-state index contributed by atoms with van der Waals surface area (Å²) in [5.41, 5.74) is 1.15. The number of aryl methyl sites for hydroxylation is 1. The lowest BCUT2D eigenvalue weighted by Crippen LogP contribution is -2.21. The Hall–Kier alpha value is -0.540. The van der Waals surface area contributed by atoms with Crippen LogP contribution in [0.5, 0.6) is 0 Å². The third-order valence-electron chi connectivity index (χ3n) is 3.13. The molecule has 1 N–H and O–H groups in total. The summed E-state index contributed by atoms with van der Waals surface area (Å²) in [5.74, 6) is 0. The normalized spacial score (nSPS) is 14.4. The molecule has 0 saturated carbocycles. The molecule has 102 valence electrons. The Balaban J connectivity index is 2.07. The highest BCUT2D eigenvalue weighted by molar-refractivity contribution is 7.12. The second-order valence-corrected chi connectivity index (χ2v) is 6.87. The number of benzene rings is 1. The SMILES string of the molecule is Cc1ccc(C(C)NC(C)c2ccc(Cl)c(Cl)c2)s1. The first-order valence-corrected chi connectivity index (χ1v) is 7.82. The van der Waals surface area contributed by atoms with Gasteiger partial charge in [-0.15, -0.1) is 11.3 Å². The Labute approximate surface area is 128 Å². The zero-order valence-electron chi connectivity index (χ0n) is 11.2. The van der Waals surface area contributed by atoms with E-state index in [4.69, 9.17) is 23.2 Å². The summed E-state index contributed by atoms with van der Waals surface area (Å²) in [4.78, 5) is 2.69. The zero-order chi connectivity index (χ0) is 14.0. The smallest absolute Gasteiger partial charge is 0.0595 e. The van der Waals surface area contributed by atoms with Gasteiger partial charge < -0.3 is 5.32 Å². The van der Waals surface area contributed by atoms with E-state index in [0.717, 1.165) is 5.56 Å². The number of rotatable bonds is 4. The minimum atomic E-state index is 0.229. The Morgan fingerprint density at radius 2 is 1.74 bits per heavy atom. The first kappa shape index (κ1) is 14.9. The standard InChI is InChI=1S/C15H17Cl2NS/c1-9-4-7-15(19-9)11(3)18-10(2)12-5-6-13(16)14(17)8-12/h4-8,10-11,18H,1-3H3. The average Bonchev–Trinajstić information content (AvgIpc) is 2.79. The van der Waals surface area contributed by atoms with Crippen molar-refractivity contribution in [3.63, 3.8) is 0 Å². The van der Waals surface area contributed by atoms with Crippen molar-refractivity contribution in [1.29, 1.82) is 0 Å². The first-order valence-electron chi connectivity index (χ1n) is 6.24. The quantitative estimate of drug-likeness (QED) is 0.755. The van der Waals surface area contributed by atoms with Crippen LogP contribution in [-0.2, 0) is 0 Å². The highest BCUT2D eigenvalue weighted by Crippen LogP contribution is 2.28. The van der Waals surface area contributed by atoms with Crippen LogP contribution in [0, 0.1) is 6.92 Å². The van der Waals surface area contributed by atoms with Crippen molar-refractivity contribution in [2.45, 2.75) is 32.9 Å². The lowest BCUT2D eigenvalue weighted by Gasteiger charge is -2.20. The highest BCUT2D eigenvalue weighted by Gasteiger charge is 2.13. The summed E-state index contributed by atoms with van der Waals surface area (Å²) in [5, 5.41) is 4.78. The van der Waals surface area contributed by atoms with Gasteiger partial charge in [-0.05, 0) is 50.6 Å². The van der Waals surface area contributed by atoms with Gasteiger partial charge in [-0.2, -0.15) is 0 Å². The molecule has 0 spiro atoms. The lowest BCUT2D eigenvalue weighted by molar-refractivity contribution is 0.500. The maximum atomic E-state index is 6.06. The summed E-state index contributed by atoms with van der Waals surface area (Å²) in [6.07, 6.45) is 0. The van der Waals surface area contributed by atoms with Gasteiger partial charge in [-0.3, -0.25) is 0 Å². The molecule has 1 nitrogen and oxygen atoms in total. The van der Waals surface area contributed by atoms with Gasteiger partial charge in [0, 0.05) is 21.8 Å². The van der Waals surface area contributed by atoms with Crippen molar-refractivity contribution in [2.24, 2.45) is 0 Å². The topological polar surface area (TPSA) is 12.0 Å². The monoisotopic (exact) mass is 313 g/mol. The summed E-state index contributed by atoms with van der Waals surface area (Å²) in [6.45, 7) is 6.44. The van der Waals surface area contributed by atoms with Crippen molar-refractivity contribution in [2.75, 3.05) is 0 Å². The van der Waals surface area contributed by atoms with Crippen LogP contribution in [0.1, 0.15) is 41.2 Å². The predicted octanol–water partition coefficient (Wildman–Crippen LogP) is 5.78. The molecule has 2 atom stereocenters. The van der Waals surface area contributed by atoms with Gasteiger partial charge >= 0.3 is 0 Å². The van der Waals surface area contributed by atoms with Crippen LogP contribution >= 0.6 is 34.5 Å². The maximum absolute atomic E-state index is 6.06. The number of nitrogens with one attached hydrogen (secondary N) is 1. The van der Waals surface area contributed by atoms with E-state index in [1.54, 1.807) is 0 Å². The largest absolute Gasteiger partial charge is 0.303 e. The van der Waals surface area contributed by atoms with Gasteiger partial charge in [0.15, 0.2) is 0 Å². The van der Waals surface area contributed by atoms with Crippen molar-refractivity contribution in [3.8, 4) is 0 Å². The number of thiophene rings is 1. The molecule has 0 aliphatic heterocycles. The van der Waals surface area contributed by atoms with E-state index in [-0.39, 0.29) is 6.04 Å². The molecular formula is C15H17Cl2NS. The molecule has 0 fully saturated rings. The minimum Gasteiger partial charge on any atom is -0.303 e. The molecule has 0 saturated heterocycles. The fourth-order valence-electron chi connectivity index (χ4n) is 2.02. The van der Waals surface area contributed by atoms with E-state index in [1.807, 2.05) is 29.5 Å². The van der Waals surface area contributed by atoms with E-state index >= 15 is 0 Å². The van der Waals surface area contributed by atoms with Gasteiger partial charge in [-0.1, -0.05) is 29.3 Å². The van der Waals surface area contributed by atoms with E-state index in [9.17, 15) is 0 Å². The highest BCUT2D eigenvalue weighted by atomic mass is 35.5. The molecule has 0 aliphatic rings. The first-order chi connectivity index (χ1) is 8.97. The average molecular weight is 314 g/mol. The summed E-state index contributed by atoms with van der Waals surface area (Å²) in [7, 11) is 0. The van der Waals surface area contributed by atoms with Crippen molar-refractivity contribution in [3.05, 3.63) is 55.7 Å². The molecule has 0 amide bonds. The summed E-state index contributed by atoms with van der Waals surface area (Å²) >= 11 is 13.8. The van der Waals surface area contributed by atoms with Gasteiger partial charge in [-0.25, -0.2) is 0 Å². The van der Waals surface area contributed by atoms with Crippen molar-refractivity contribution >= 4 is 34.5 Å². The molecular weight excluding hydrogens is 297 g/mol. The van der Waals surface area contributed by atoms with Crippen molar-refractivity contribution < 1.29 is 0 Å². The van der Waals surface area contributed by atoms with Gasteiger partial charge in [0.05, 0.1) is 10.0 Å². The van der Waals surface area contributed by atoms with Crippen molar-refractivity contribution in [1.82, 2.24) is 5.32 Å². The molecule has 1 aromatic carbocycles. The Morgan fingerprint density at radius 1 is 1.00 bits per heavy atom. The van der Waals surface area contributed by atoms with E-state index < -0.39 is 0 Å². The van der Waals surface area contributed by atoms with Crippen LogP contribution in [-0.4, -0.2) is 0 Å². The number of hydrogen-bond donors (Lipinski definition) is 1. The Morgan fingerprint density at radius 3 is 2.32 bits per heavy atom.